The molecule has 0 aliphatic carbocycles. The van der Waals surface area contributed by atoms with Crippen LogP contribution in [0.25, 0.3) is 11.3 Å². The van der Waals surface area contributed by atoms with E-state index in [0.717, 1.165) is 10.0 Å². The van der Waals surface area contributed by atoms with Crippen LogP contribution in [0.15, 0.2) is 86.4 Å². The van der Waals surface area contributed by atoms with Crippen molar-refractivity contribution < 1.29 is 18.0 Å². The highest BCUT2D eigenvalue weighted by Gasteiger charge is 2.36. The molecule has 34 heavy (non-hydrogen) atoms. The van der Waals surface area contributed by atoms with Crippen molar-refractivity contribution >= 4 is 48.7 Å². The van der Waals surface area contributed by atoms with Crippen molar-refractivity contribution in [2.45, 2.75) is 15.7 Å². The molecule has 1 aromatic heterocycles. The molecular weight excluding hydrogens is 536 g/mol. The van der Waals surface area contributed by atoms with E-state index < -0.39 is 27.3 Å². The molecule has 0 N–H and O–H groups in total. The fourth-order valence-corrected chi connectivity index (χ4v) is 6.61. The Hall–Kier alpha value is -3.45. The highest BCUT2D eigenvalue weighted by Crippen LogP contribution is 2.36. The number of halogens is 1. The minimum absolute atomic E-state index is 0.00975. The summed E-state index contributed by atoms with van der Waals surface area (Å²) < 4.78 is 27.3. The third-order valence-corrected chi connectivity index (χ3v) is 8.81. The number of hydrogen-bond donors (Lipinski definition) is 0. The number of sulfone groups is 1. The van der Waals surface area contributed by atoms with Gasteiger partial charge in [-0.05, 0) is 36.4 Å². The van der Waals surface area contributed by atoms with Crippen molar-refractivity contribution in [1.82, 2.24) is 4.98 Å². The van der Waals surface area contributed by atoms with E-state index in [0.29, 0.717) is 10.7 Å². The van der Waals surface area contributed by atoms with Crippen molar-refractivity contribution in [3.63, 3.8) is 0 Å². The molecule has 0 bridgehead atoms. The first kappa shape index (κ1) is 22.3. The fourth-order valence-electron chi connectivity index (χ4n) is 3.80. The first-order valence-electron chi connectivity index (χ1n) is 9.99. The molecule has 3 aromatic carbocycles. The van der Waals surface area contributed by atoms with E-state index in [4.69, 9.17) is 0 Å². The molecule has 1 aliphatic heterocycles. The molecule has 4 aromatic rings. The lowest BCUT2D eigenvalue weighted by Gasteiger charge is -2.19. The molecule has 6 nitrogen and oxygen atoms in total. The second-order valence-electron chi connectivity index (χ2n) is 7.54. The number of thiazole rings is 1. The Balaban J connectivity index is 1.52. The van der Waals surface area contributed by atoms with Crippen LogP contribution in [0, 0.1) is 11.3 Å². The van der Waals surface area contributed by atoms with Gasteiger partial charge >= 0.3 is 0 Å². The summed E-state index contributed by atoms with van der Waals surface area (Å²) in [6, 6.07) is 19.4. The Morgan fingerprint density at radius 2 is 1.71 bits per heavy atom. The molecule has 1 unspecified atom stereocenters. The van der Waals surface area contributed by atoms with E-state index >= 15 is 0 Å². The monoisotopic (exact) mass is 548 g/mol. The van der Waals surface area contributed by atoms with Gasteiger partial charge in [-0.15, -0.1) is 11.3 Å². The number of carbonyl (C=O) groups excluding carboxylic acids is 2. The Morgan fingerprint density at radius 1 is 1.00 bits per heavy atom. The molecule has 5 rings (SSSR count). The minimum atomic E-state index is -4.00. The molecule has 9 heteroatoms. The topological polar surface area (TPSA) is 105 Å². The summed E-state index contributed by atoms with van der Waals surface area (Å²) >= 11 is 4.57. The fraction of sp³-hybridized carbons (Fsp3) is 0.0400. The minimum Gasteiger partial charge on any atom is -0.292 e. The standard InChI is InChI=1S/C25H13BrN2O4S2/c26-16-8-5-14(6-9-16)20-13-33-25(28-20)19(12-27)23(29)15-7-10-18-22(11-15)34(31,32)21-4-2-1-3-17(21)24(18)30/h1-11,13,19H. The average molecular weight is 549 g/mol. The molecular formula is C25H13BrN2O4S2. The van der Waals surface area contributed by atoms with Crippen LogP contribution in [0.4, 0.5) is 0 Å². The Kier molecular flexibility index (Phi) is 5.52. The van der Waals surface area contributed by atoms with E-state index in [1.165, 1.54) is 41.7 Å². The molecule has 0 spiro atoms. The second-order valence-corrected chi connectivity index (χ2v) is 11.2. The molecule has 0 fully saturated rings. The van der Waals surface area contributed by atoms with E-state index in [1.807, 2.05) is 30.3 Å². The van der Waals surface area contributed by atoms with Gasteiger partial charge in [-0.25, -0.2) is 13.4 Å². The van der Waals surface area contributed by atoms with Crippen LogP contribution in [-0.4, -0.2) is 25.0 Å². The third-order valence-electron chi connectivity index (χ3n) is 5.52. The van der Waals surface area contributed by atoms with Crippen LogP contribution in [0.3, 0.4) is 0 Å². The zero-order valence-electron chi connectivity index (χ0n) is 17.2. The number of benzene rings is 3. The zero-order chi connectivity index (χ0) is 24.0. The molecule has 0 saturated heterocycles. The van der Waals surface area contributed by atoms with Gasteiger partial charge in [0, 0.05) is 32.1 Å². The third kappa shape index (κ3) is 3.60. The lowest BCUT2D eigenvalue weighted by molar-refractivity contribution is 0.0975. The summed E-state index contributed by atoms with van der Waals surface area (Å²) in [6.07, 6.45) is 0. The molecule has 166 valence electrons. The summed E-state index contributed by atoms with van der Waals surface area (Å²) in [5, 5.41) is 11.8. The van der Waals surface area contributed by atoms with Crippen LogP contribution in [0.1, 0.15) is 37.2 Å². The predicted molar refractivity (Wildman–Crippen MR) is 130 cm³/mol. The highest BCUT2D eigenvalue weighted by molar-refractivity contribution is 9.10. The highest BCUT2D eigenvalue weighted by atomic mass is 79.9. The number of fused-ring (bicyclic) bond motifs is 2. The number of hydrogen-bond acceptors (Lipinski definition) is 7. The largest absolute Gasteiger partial charge is 0.292 e. The van der Waals surface area contributed by atoms with Gasteiger partial charge in [-0.2, -0.15) is 5.26 Å². The Morgan fingerprint density at radius 3 is 2.44 bits per heavy atom. The number of aromatic nitrogens is 1. The van der Waals surface area contributed by atoms with E-state index in [1.54, 1.807) is 17.5 Å². The van der Waals surface area contributed by atoms with Crippen LogP contribution < -0.4 is 0 Å². The number of rotatable bonds is 4. The molecule has 1 aliphatic rings. The van der Waals surface area contributed by atoms with Gasteiger partial charge in [-0.3, -0.25) is 9.59 Å². The SMILES string of the molecule is N#CC(C(=O)c1ccc2c(c1)S(=O)(=O)c1ccccc1C2=O)c1nc(-c2ccc(Br)cc2)cs1. The maximum Gasteiger partial charge on any atom is 0.208 e. The summed E-state index contributed by atoms with van der Waals surface area (Å²) in [4.78, 5) is 30.2. The van der Waals surface area contributed by atoms with Gasteiger partial charge < -0.3 is 0 Å². The molecule has 0 radical (unpaired) electrons. The number of ketones is 2. The summed E-state index contributed by atoms with van der Waals surface area (Å²) in [6.45, 7) is 0. The lowest BCUT2D eigenvalue weighted by atomic mass is 9.96. The van der Waals surface area contributed by atoms with Crippen LogP contribution in [-0.2, 0) is 9.84 Å². The van der Waals surface area contributed by atoms with E-state index in [2.05, 4.69) is 20.9 Å². The average Bonchev–Trinajstić information content (AvgIpc) is 3.33. The van der Waals surface area contributed by atoms with Crippen molar-refractivity contribution in [2.24, 2.45) is 0 Å². The van der Waals surface area contributed by atoms with Gasteiger partial charge in [0.15, 0.2) is 17.5 Å². The number of Topliss-reactive ketones (excluding diaryl/α,β-unsaturated/α-hetero) is 1. The van der Waals surface area contributed by atoms with Crippen LogP contribution in [0.2, 0.25) is 0 Å². The number of nitriles is 1. The summed E-state index contributed by atoms with van der Waals surface area (Å²) in [7, 11) is -4.00. The summed E-state index contributed by atoms with van der Waals surface area (Å²) in [5.41, 5.74) is 1.62. The quantitative estimate of drug-likeness (QED) is 0.277. The Labute approximate surface area is 207 Å². The molecule has 0 saturated carbocycles. The molecule has 2 heterocycles. The van der Waals surface area contributed by atoms with Gasteiger partial charge in [0.2, 0.25) is 9.84 Å². The maximum atomic E-state index is 13.2. The second kappa shape index (κ2) is 8.40. The van der Waals surface area contributed by atoms with Crippen LogP contribution in [0.5, 0.6) is 0 Å². The van der Waals surface area contributed by atoms with Crippen molar-refractivity contribution in [2.75, 3.05) is 0 Å². The Bertz CT molecular complexity index is 1630. The predicted octanol–water partition coefficient (Wildman–Crippen LogP) is 5.44. The van der Waals surface area contributed by atoms with Gasteiger partial charge in [-0.1, -0.05) is 46.3 Å². The van der Waals surface area contributed by atoms with Crippen molar-refractivity contribution in [3.8, 4) is 17.3 Å². The first-order valence-corrected chi connectivity index (χ1v) is 13.1. The lowest BCUT2D eigenvalue weighted by Crippen LogP contribution is -2.21. The maximum absolute atomic E-state index is 13.2. The first-order chi connectivity index (χ1) is 16.3. The van der Waals surface area contributed by atoms with Gasteiger partial charge in [0.25, 0.3) is 0 Å². The van der Waals surface area contributed by atoms with Crippen LogP contribution >= 0.6 is 27.3 Å². The smallest absolute Gasteiger partial charge is 0.208 e. The van der Waals surface area contributed by atoms with Gasteiger partial charge in [0.05, 0.1) is 21.6 Å². The van der Waals surface area contributed by atoms with E-state index in [-0.39, 0.29) is 26.5 Å². The normalized spacial score (nSPS) is 14.5. The summed E-state index contributed by atoms with van der Waals surface area (Å²) in [5.74, 6) is -2.21. The zero-order valence-corrected chi connectivity index (χ0v) is 20.4. The van der Waals surface area contributed by atoms with Crippen molar-refractivity contribution in [3.05, 3.63) is 98.3 Å². The number of carbonyl (C=O) groups is 2. The molecule has 1 atom stereocenters. The van der Waals surface area contributed by atoms with E-state index in [9.17, 15) is 23.3 Å². The van der Waals surface area contributed by atoms with Gasteiger partial charge in [0.1, 0.15) is 5.01 Å². The molecule has 0 amide bonds. The number of nitrogens with zero attached hydrogens (tertiary/aromatic N) is 2. The van der Waals surface area contributed by atoms with Crippen molar-refractivity contribution in [1.29, 1.82) is 5.26 Å².